The number of fused-ring (bicyclic) bond motifs is 3. The maximum absolute atomic E-state index is 16.3. The average Bonchev–Trinajstić information content (AvgIpc) is 0.773. The minimum atomic E-state index is -1.36. The molecule has 42 heteroatoms. The second kappa shape index (κ2) is 74.8. The normalized spacial score (nSPS) is 11.3. The second-order valence-corrected chi connectivity index (χ2v) is 32.3. The minimum Gasteiger partial charge on any atom is -0.505 e. The predicted molar refractivity (Wildman–Crippen MR) is 531 cm³/mol. The molecule has 1 radical (unpaired) electrons. The second-order valence-electron chi connectivity index (χ2n) is 32.3. The van der Waals surface area contributed by atoms with Crippen molar-refractivity contribution < 1.29 is 204 Å². The fourth-order valence-corrected chi connectivity index (χ4v) is 14.6. The Balaban J connectivity index is 0.0000144. The summed E-state index contributed by atoms with van der Waals surface area (Å²) in [7, 11) is 9.59. The number of phenolic OH excluding ortho intramolecular Hbond substituents is 3. The zero-order valence-electron chi connectivity index (χ0n) is 85.0. The van der Waals surface area contributed by atoms with Crippen LogP contribution in [0.25, 0.3) is 32.7 Å². The van der Waals surface area contributed by atoms with Crippen LogP contribution < -0.4 is 88.7 Å². The first kappa shape index (κ1) is 123. The van der Waals surface area contributed by atoms with Crippen molar-refractivity contribution in [3.05, 3.63) is 167 Å². The van der Waals surface area contributed by atoms with Gasteiger partial charge in [-0.1, -0.05) is 36.4 Å². The van der Waals surface area contributed by atoms with Crippen molar-refractivity contribution in [2.45, 2.75) is 58.3 Å². The quantitative estimate of drug-likeness (QED) is 0.0146. The van der Waals surface area contributed by atoms with Gasteiger partial charge in [-0.2, -0.15) is 0 Å². The van der Waals surface area contributed by atoms with Gasteiger partial charge in [-0.05, 0) is 128 Å². The molecule has 0 spiro atoms. The Labute approximate surface area is 885 Å². The van der Waals surface area contributed by atoms with Crippen LogP contribution in [0.1, 0.15) is 86.3 Å². The number of hydrogen-bond acceptors (Lipinski definition) is 36. The van der Waals surface area contributed by atoms with Gasteiger partial charge in [0.1, 0.15) is 80.9 Å². The van der Waals surface area contributed by atoms with Crippen molar-refractivity contribution in [3.63, 3.8) is 0 Å². The van der Waals surface area contributed by atoms with E-state index in [1.807, 2.05) is 0 Å². The average molecular weight is 2100 g/mol. The number of amides is 4. The van der Waals surface area contributed by atoms with E-state index >= 15 is 4.79 Å². The molecule has 146 heavy (non-hydrogen) atoms. The number of phenols is 3. The number of nitrogens with one attached hydrogen (secondary N) is 4. The van der Waals surface area contributed by atoms with Crippen LogP contribution in [0, 0.1) is 5.41 Å². The number of methoxy groups -OCH3 is 6. The number of ether oxygens (including phenoxy) is 26. The van der Waals surface area contributed by atoms with Crippen LogP contribution in [0.4, 0.5) is 0 Å². The summed E-state index contributed by atoms with van der Waals surface area (Å²) in [6.45, 7) is 9.67. The molecule has 9 aromatic rings. The molecule has 0 atom stereocenters. The monoisotopic (exact) mass is 2100 g/mol. The molecule has 4 amide bonds. The van der Waals surface area contributed by atoms with Gasteiger partial charge in [0.15, 0.2) is 40.2 Å². The maximum atomic E-state index is 16.3. The van der Waals surface area contributed by atoms with Crippen LogP contribution in [0.2, 0.25) is 0 Å². The van der Waals surface area contributed by atoms with Gasteiger partial charge in [0.05, 0.1) is 215 Å². The van der Waals surface area contributed by atoms with Crippen LogP contribution in [-0.2, 0) is 127 Å². The summed E-state index contributed by atoms with van der Waals surface area (Å²) < 4.78 is 153. The third-order valence-corrected chi connectivity index (χ3v) is 21.9. The summed E-state index contributed by atoms with van der Waals surface area (Å²) in [5.74, 6) is -0.934. The molecular weight excluding hydrogens is 1950 g/mol. The first-order chi connectivity index (χ1) is 70.7. The Morgan fingerprint density at radius 3 is 0.795 bits per heavy atom. The molecule has 0 saturated heterocycles. The van der Waals surface area contributed by atoms with E-state index in [1.54, 1.807) is 140 Å². The Morgan fingerprint density at radius 1 is 0.288 bits per heavy atom. The maximum Gasteiger partial charge on any atom is 1.00 e. The largest absolute Gasteiger partial charge is 1.00 e. The van der Waals surface area contributed by atoms with E-state index < -0.39 is 29.0 Å². The predicted octanol–water partition coefficient (Wildman–Crippen LogP) is 7.19. The molecule has 0 bridgehead atoms. The van der Waals surface area contributed by atoms with Crippen molar-refractivity contribution in [3.8, 4) is 63.2 Å². The topological polar surface area (TPSA) is 456 Å². The van der Waals surface area contributed by atoms with Gasteiger partial charge in [-0.15, -0.1) is 0 Å². The minimum absolute atomic E-state index is 0. The third kappa shape index (κ3) is 45.2. The van der Waals surface area contributed by atoms with E-state index in [0.717, 1.165) is 0 Å². The van der Waals surface area contributed by atoms with Crippen molar-refractivity contribution >= 4 is 56.3 Å². The van der Waals surface area contributed by atoms with Crippen molar-refractivity contribution in [2.75, 3.05) is 300 Å². The number of aromatic nitrogens is 3. The molecule has 7 N–H and O–H groups in total. The fraction of sp³-hybridized carbons (Fsp3) is 0.529. The van der Waals surface area contributed by atoms with Gasteiger partial charge >= 0.3 is 29.6 Å². The summed E-state index contributed by atoms with van der Waals surface area (Å²) >= 11 is 0. The Bertz CT molecular complexity index is 4700. The molecule has 0 aliphatic heterocycles. The van der Waals surface area contributed by atoms with Gasteiger partial charge in [-0.25, -0.2) is 0 Å². The molecule has 0 saturated carbocycles. The molecule has 0 aliphatic carbocycles. The molecular formula is C104H143MnN7NaO33+. The summed E-state index contributed by atoms with van der Waals surface area (Å²) in [5, 5.41) is 48.2. The molecule has 0 aliphatic rings. The molecule has 0 fully saturated rings. The van der Waals surface area contributed by atoms with Gasteiger partial charge in [0.25, 0.3) is 17.7 Å². The number of carbonyl (C=O) groups is 4. The van der Waals surface area contributed by atoms with Crippen LogP contribution in [-0.4, -0.2) is 354 Å². The smallest absolute Gasteiger partial charge is 0.505 e. The number of nitrogens with zero attached hydrogens (tertiary/aromatic N) is 3. The SMILES string of the molecule is COCCOCCOCCOc1cc(COc2cc(CNC(=O)C(CCCNC(=O)c3ccc4cccnc4c3O)(CCCNC(=O)c3ccc4cccnc4c3O)CCCNC(=O)c3ccc4cccnc4c3O)cc(OCc3cc(OCCOCCOCCOC)c(OCCOCCOCCOC)c(OCCOCCOCCOC)c3)c2)cc(OCCOCCOCCOC)c1OCCOCCOCCOC.[Mn].[Na+]. The number of pyridine rings is 3. The van der Waals surface area contributed by atoms with Crippen molar-refractivity contribution in [1.29, 1.82) is 0 Å². The van der Waals surface area contributed by atoms with Crippen molar-refractivity contribution in [1.82, 2.24) is 36.2 Å². The summed E-state index contributed by atoms with van der Waals surface area (Å²) in [4.78, 5) is 71.7. The van der Waals surface area contributed by atoms with Gasteiger partial charge in [-0.3, -0.25) is 34.1 Å². The fourth-order valence-electron chi connectivity index (χ4n) is 14.6. The number of carbonyl (C=O) groups excluding carboxylic acids is 4. The molecule has 9 rings (SSSR count). The van der Waals surface area contributed by atoms with Crippen molar-refractivity contribution in [2.24, 2.45) is 5.41 Å². The summed E-state index contributed by atoms with van der Waals surface area (Å²) in [6, 6.07) is 32.4. The van der Waals surface area contributed by atoms with E-state index in [1.165, 1.54) is 36.8 Å². The van der Waals surface area contributed by atoms with E-state index in [4.69, 9.17) is 123 Å². The summed E-state index contributed by atoms with van der Waals surface area (Å²) in [5.41, 5.74) is 0.904. The third-order valence-electron chi connectivity index (χ3n) is 21.9. The standard InChI is InChI=1S/C104H143N7O33.Mn.Na/c1-119-31-37-125-43-49-131-55-61-137-88-69-78(70-89(138-62-56-132-50-44-126-38-32-120-2)98(88)141-65-59-135-53-47-129-41-35-123-5)75-143-83-67-77(68-84(73-83)144-76-79-71-90(139-63-57-133-51-45-127-39-33-121-3)99(142-66-60-136-54-48-130-42-36-124-6)91(72-79)140-64-58-134-52-46-128-40-34-122-4)74-111-103(118)104(22-10-28-108-100(115)85-19-16-80-13-7-25-105-92(80)95(85)112,23-11-29-109-101(116)86-20-17-81-14-8-26-106-93(81)96(86)113)24-12-30-110-102(117)87-21-18-82-15-9-27-107-94(82)97(87)114;;/h7-9,13-21,25-27,67-73,112-114H,10-12,22-24,28-66,74-76H2,1-6H3,(H,108,115)(H,109,116)(H,110,117)(H,111,118);;/q;;+1. The van der Waals surface area contributed by atoms with E-state index in [-0.39, 0.29) is 340 Å². The summed E-state index contributed by atoms with van der Waals surface area (Å²) in [6.07, 6.45) is 5.46. The molecule has 40 nitrogen and oxygen atoms in total. The van der Waals surface area contributed by atoms with Crippen LogP contribution in [0.3, 0.4) is 0 Å². The van der Waals surface area contributed by atoms with E-state index in [9.17, 15) is 29.7 Å². The molecule has 799 valence electrons. The zero-order chi connectivity index (χ0) is 102. The zero-order valence-corrected chi connectivity index (χ0v) is 88.1. The first-order valence-corrected chi connectivity index (χ1v) is 48.4. The molecule has 3 heterocycles. The molecule has 0 unspecified atom stereocenters. The first-order valence-electron chi connectivity index (χ1n) is 48.4. The Kier molecular flexibility index (Phi) is 63.0. The molecule has 6 aromatic carbocycles. The Hall–Kier alpha value is -9.97. The number of rotatable bonds is 84. The number of aromatic hydroxyl groups is 3. The van der Waals surface area contributed by atoms with Crippen LogP contribution in [0.5, 0.6) is 63.2 Å². The van der Waals surface area contributed by atoms with Gasteiger partial charge in [0.2, 0.25) is 17.4 Å². The van der Waals surface area contributed by atoms with E-state index in [2.05, 4.69) is 36.2 Å². The van der Waals surface area contributed by atoms with Gasteiger partial charge in [0, 0.05) is 132 Å². The van der Waals surface area contributed by atoms with Gasteiger partial charge < -0.3 is 160 Å². The number of hydrogen-bond donors (Lipinski definition) is 7. The van der Waals surface area contributed by atoms with E-state index in [0.29, 0.717) is 152 Å². The Morgan fingerprint density at radius 2 is 0.534 bits per heavy atom. The van der Waals surface area contributed by atoms with Crippen LogP contribution in [0.15, 0.2) is 134 Å². The number of benzene rings is 6. The molecule has 3 aromatic heterocycles. The van der Waals surface area contributed by atoms with Crippen LogP contribution >= 0.6 is 0 Å².